The summed E-state index contributed by atoms with van der Waals surface area (Å²) >= 11 is 1.82. The molecule has 0 atom stereocenters. The van der Waals surface area contributed by atoms with E-state index >= 15 is 0 Å². The number of para-hydroxylation sites is 1. The van der Waals surface area contributed by atoms with Gasteiger partial charge < -0.3 is 0 Å². The van der Waals surface area contributed by atoms with Crippen LogP contribution in [0.25, 0.3) is 5.69 Å². The van der Waals surface area contributed by atoms with E-state index in [-0.39, 0.29) is 0 Å². The fourth-order valence-electron chi connectivity index (χ4n) is 2.54. The van der Waals surface area contributed by atoms with Gasteiger partial charge in [0.2, 0.25) is 0 Å². The number of hydrogen-bond acceptors (Lipinski definition) is 2. The molecular formula is C19H20N2S. The Hall–Kier alpha value is -2.00. The molecule has 0 unspecified atom stereocenters. The number of nitrogens with zero attached hydrogens (tertiary/aromatic N) is 2. The Labute approximate surface area is 136 Å². The molecule has 2 aromatic carbocycles. The fourth-order valence-corrected chi connectivity index (χ4v) is 3.72. The average Bonchev–Trinajstić information content (AvgIpc) is 2.94. The molecule has 0 aliphatic heterocycles. The Morgan fingerprint density at radius 1 is 0.864 bits per heavy atom. The van der Waals surface area contributed by atoms with Gasteiger partial charge in [-0.1, -0.05) is 62.0 Å². The highest BCUT2D eigenvalue weighted by Gasteiger charge is 2.17. The summed E-state index contributed by atoms with van der Waals surface area (Å²) in [7, 11) is 0. The van der Waals surface area contributed by atoms with Crippen LogP contribution < -0.4 is 0 Å². The molecule has 0 radical (unpaired) electrons. The van der Waals surface area contributed by atoms with E-state index in [0.29, 0.717) is 0 Å². The quantitative estimate of drug-likeness (QED) is 0.649. The van der Waals surface area contributed by atoms with Crippen molar-refractivity contribution in [2.75, 3.05) is 0 Å². The minimum Gasteiger partial charge on any atom is -0.236 e. The van der Waals surface area contributed by atoms with Crippen molar-refractivity contribution < 1.29 is 0 Å². The van der Waals surface area contributed by atoms with Crippen molar-refractivity contribution in [3.63, 3.8) is 0 Å². The molecule has 0 N–H and O–H groups in total. The second-order valence-electron chi connectivity index (χ2n) is 5.09. The van der Waals surface area contributed by atoms with Crippen molar-refractivity contribution in [1.82, 2.24) is 9.78 Å². The highest BCUT2D eigenvalue weighted by molar-refractivity contribution is 7.99. The summed E-state index contributed by atoms with van der Waals surface area (Å²) < 4.78 is 2.10. The number of aryl methyl sites for hydroxylation is 1. The summed E-state index contributed by atoms with van der Waals surface area (Å²) in [6.45, 7) is 4.37. The van der Waals surface area contributed by atoms with Gasteiger partial charge in [0.1, 0.15) is 0 Å². The van der Waals surface area contributed by atoms with Crippen molar-refractivity contribution >= 4 is 11.8 Å². The van der Waals surface area contributed by atoms with Gasteiger partial charge in [0.15, 0.2) is 0 Å². The summed E-state index contributed by atoms with van der Waals surface area (Å²) in [6.07, 6.45) is 1.92. The van der Waals surface area contributed by atoms with Crippen LogP contribution in [-0.4, -0.2) is 9.78 Å². The molecule has 0 saturated carbocycles. The van der Waals surface area contributed by atoms with Gasteiger partial charge in [-0.2, -0.15) is 5.10 Å². The lowest BCUT2D eigenvalue weighted by atomic mass is 10.2. The number of hydrogen-bond donors (Lipinski definition) is 0. The van der Waals surface area contributed by atoms with Crippen LogP contribution in [0.15, 0.2) is 70.5 Å². The second kappa shape index (κ2) is 6.84. The molecule has 0 saturated heterocycles. The molecule has 3 heteroatoms. The zero-order chi connectivity index (χ0) is 15.4. The van der Waals surface area contributed by atoms with Crippen LogP contribution >= 0.6 is 11.8 Å². The van der Waals surface area contributed by atoms with E-state index in [1.165, 1.54) is 21.2 Å². The van der Waals surface area contributed by atoms with E-state index in [1.807, 2.05) is 17.8 Å². The predicted molar refractivity (Wildman–Crippen MR) is 92.9 cm³/mol. The molecule has 1 aromatic heterocycles. The standard InChI is InChI=1S/C19H20N2S/c1-3-17-19(22-16-13-9-6-10-14-16)18(4-2)21(20-17)15-11-7-5-8-12-15/h5-14H,3-4H2,1-2H3. The van der Waals surface area contributed by atoms with Crippen LogP contribution in [0.2, 0.25) is 0 Å². The molecule has 0 aliphatic carbocycles. The highest BCUT2D eigenvalue weighted by Crippen LogP contribution is 2.35. The first-order chi connectivity index (χ1) is 10.8. The van der Waals surface area contributed by atoms with Crippen molar-refractivity contribution in [3.05, 3.63) is 72.1 Å². The van der Waals surface area contributed by atoms with E-state index in [4.69, 9.17) is 5.10 Å². The summed E-state index contributed by atoms with van der Waals surface area (Å²) in [5, 5.41) is 4.86. The third kappa shape index (κ3) is 2.95. The molecule has 0 amide bonds. The van der Waals surface area contributed by atoms with E-state index in [0.717, 1.165) is 18.5 Å². The van der Waals surface area contributed by atoms with Crippen LogP contribution in [0.5, 0.6) is 0 Å². The van der Waals surface area contributed by atoms with Gasteiger partial charge in [-0.05, 0) is 37.1 Å². The lowest BCUT2D eigenvalue weighted by Crippen LogP contribution is -2.01. The zero-order valence-corrected chi connectivity index (χ0v) is 13.8. The Balaban J connectivity index is 2.07. The van der Waals surface area contributed by atoms with Gasteiger partial charge in [-0.25, -0.2) is 4.68 Å². The summed E-state index contributed by atoms with van der Waals surface area (Å²) in [5.74, 6) is 0. The third-order valence-corrected chi connectivity index (χ3v) is 4.82. The highest BCUT2D eigenvalue weighted by atomic mass is 32.2. The van der Waals surface area contributed by atoms with Gasteiger partial charge in [-0.15, -0.1) is 0 Å². The third-order valence-electron chi connectivity index (χ3n) is 3.63. The smallest absolute Gasteiger partial charge is 0.0768 e. The normalized spacial score (nSPS) is 10.8. The van der Waals surface area contributed by atoms with Crippen molar-refractivity contribution in [2.45, 2.75) is 36.5 Å². The average molecular weight is 308 g/mol. The van der Waals surface area contributed by atoms with E-state index in [1.54, 1.807) is 0 Å². The zero-order valence-electron chi connectivity index (χ0n) is 13.0. The summed E-state index contributed by atoms with van der Waals surface area (Å²) in [6, 6.07) is 20.9. The maximum Gasteiger partial charge on any atom is 0.0768 e. The topological polar surface area (TPSA) is 17.8 Å². The molecule has 0 spiro atoms. The minimum absolute atomic E-state index is 0.946. The van der Waals surface area contributed by atoms with E-state index < -0.39 is 0 Å². The fraction of sp³-hybridized carbons (Fsp3) is 0.211. The van der Waals surface area contributed by atoms with Crippen molar-refractivity contribution in [3.8, 4) is 5.69 Å². The number of rotatable bonds is 5. The van der Waals surface area contributed by atoms with Crippen LogP contribution in [0.3, 0.4) is 0 Å². The molecule has 2 nitrogen and oxygen atoms in total. The Morgan fingerprint density at radius 3 is 2.09 bits per heavy atom. The first kappa shape index (κ1) is 14.9. The predicted octanol–water partition coefficient (Wildman–Crippen LogP) is 5.15. The van der Waals surface area contributed by atoms with Crippen LogP contribution in [-0.2, 0) is 12.8 Å². The molecule has 0 bridgehead atoms. The molecule has 0 aliphatic rings. The molecule has 0 fully saturated rings. The van der Waals surface area contributed by atoms with Gasteiger partial charge in [0.05, 0.1) is 22.0 Å². The Morgan fingerprint density at radius 2 is 1.50 bits per heavy atom. The molecule has 112 valence electrons. The first-order valence-corrected chi connectivity index (χ1v) is 8.54. The van der Waals surface area contributed by atoms with Gasteiger partial charge in [0.25, 0.3) is 0 Å². The molecule has 3 aromatic rings. The largest absolute Gasteiger partial charge is 0.236 e. The minimum atomic E-state index is 0.946. The lowest BCUT2D eigenvalue weighted by molar-refractivity contribution is 0.793. The molecule has 3 rings (SSSR count). The maximum atomic E-state index is 4.86. The lowest BCUT2D eigenvalue weighted by Gasteiger charge is -2.07. The maximum absolute atomic E-state index is 4.86. The Bertz CT molecular complexity index is 733. The monoisotopic (exact) mass is 308 g/mol. The van der Waals surface area contributed by atoms with Crippen molar-refractivity contribution in [1.29, 1.82) is 0 Å². The van der Waals surface area contributed by atoms with Gasteiger partial charge in [-0.3, -0.25) is 0 Å². The number of benzene rings is 2. The SMILES string of the molecule is CCc1nn(-c2ccccc2)c(CC)c1Sc1ccccc1. The van der Waals surface area contributed by atoms with Gasteiger partial charge in [0, 0.05) is 4.90 Å². The van der Waals surface area contributed by atoms with E-state index in [2.05, 4.69) is 73.1 Å². The van der Waals surface area contributed by atoms with Crippen LogP contribution in [0, 0.1) is 0 Å². The Kier molecular flexibility index (Phi) is 4.64. The van der Waals surface area contributed by atoms with Gasteiger partial charge >= 0.3 is 0 Å². The van der Waals surface area contributed by atoms with Crippen LogP contribution in [0.1, 0.15) is 25.2 Å². The van der Waals surface area contributed by atoms with E-state index in [9.17, 15) is 0 Å². The van der Waals surface area contributed by atoms with Crippen LogP contribution in [0.4, 0.5) is 0 Å². The number of aromatic nitrogens is 2. The van der Waals surface area contributed by atoms with Crippen molar-refractivity contribution in [2.24, 2.45) is 0 Å². The molecule has 1 heterocycles. The second-order valence-corrected chi connectivity index (χ2v) is 6.18. The molecule has 22 heavy (non-hydrogen) atoms. The first-order valence-electron chi connectivity index (χ1n) is 7.72. The molecular weight excluding hydrogens is 288 g/mol. The summed E-state index contributed by atoms with van der Waals surface area (Å²) in [5.41, 5.74) is 3.60. The summed E-state index contributed by atoms with van der Waals surface area (Å²) in [4.78, 5) is 2.57.